The van der Waals surface area contributed by atoms with Crippen LogP contribution in [0.5, 0.6) is 0 Å². The topological polar surface area (TPSA) is 86.9 Å². The van der Waals surface area contributed by atoms with E-state index < -0.39 is 0 Å². The van der Waals surface area contributed by atoms with Crippen LogP contribution in [-0.2, 0) is 11.2 Å². The Balaban J connectivity index is 1.41. The van der Waals surface area contributed by atoms with Crippen LogP contribution in [0.15, 0.2) is 29.2 Å². The number of hydrogen-bond acceptors (Lipinski definition) is 4. The molecular weight excluding hydrogens is 360 g/mol. The lowest BCUT2D eigenvalue weighted by Gasteiger charge is -2.20. The molecule has 3 N–H and O–H groups in total. The smallest absolute Gasteiger partial charge is 0.256 e. The molecule has 2 heterocycles. The minimum Gasteiger partial charge on any atom is -0.325 e. The van der Waals surface area contributed by atoms with Crippen molar-refractivity contribution < 1.29 is 9.59 Å². The zero-order chi connectivity index (χ0) is 18.6. The Kier molecular flexibility index (Phi) is 5.48. The van der Waals surface area contributed by atoms with Crippen LogP contribution in [0.25, 0.3) is 0 Å². The molecule has 0 unspecified atom stereocenters. The second-order valence-electron chi connectivity index (χ2n) is 7.30. The Labute approximate surface area is 162 Å². The molecule has 1 aliphatic carbocycles. The Morgan fingerprint density at radius 1 is 1.22 bits per heavy atom. The molecule has 1 aromatic heterocycles. The number of fused-ring (bicyclic) bond motifs is 1. The van der Waals surface area contributed by atoms with Gasteiger partial charge in [-0.25, -0.2) is 0 Å². The van der Waals surface area contributed by atoms with Gasteiger partial charge in [0.15, 0.2) is 5.82 Å². The van der Waals surface area contributed by atoms with E-state index in [-0.39, 0.29) is 11.8 Å². The van der Waals surface area contributed by atoms with Crippen molar-refractivity contribution in [3.05, 3.63) is 35.5 Å². The summed E-state index contributed by atoms with van der Waals surface area (Å²) in [7, 11) is 0. The van der Waals surface area contributed by atoms with Crippen molar-refractivity contribution in [2.75, 3.05) is 16.4 Å². The maximum Gasteiger partial charge on any atom is 0.256 e. The number of nitrogens with zero attached hydrogens (tertiary/aromatic N) is 1. The van der Waals surface area contributed by atoms with Crippen LogP contribution >= 0.6 is 11.8 Å². The summed E-state index contributed by atoms with van der Waals surface area (Å²) in [5.41, 5.74) is 2.28. The van der Waals surface area contributed by atoms with Gasteiger partial charge in [0.1, 0.15) is 0 Å². The number of H-pyrrole nitrogens is 1. The average molecular weight is 385 g/mol. The summed E-state index contributed by atoms with van der Waals surface area (Å²) < 4.78 is 0. The summed E-state index contributed by atoms with van der Waals surface area (Å²) in [6.07, 6.45) is 8.01. The quantitative estimate of drug-likeness (QED) is 0.737. The maximum absolute atomic E-state index is 12.6. The lowest BCUT2D eigenvalue weighted by Crippen LogP contribution is -2.14. The first-order valence-electron chi connectivity index (χ1n) is 9.60. The summed E-state index contributed by atoms with van der Waals surface area (Å²) >= 11 is 1.63. The van der Waals surface area contributed by atoms with E-state index in [2.05, 4.69) is 20.8 Å². The fourth-order valence-electron chi connectivity index (χ4n) is 3.78. The molecule has 27 heavy (non-hydrogen) atoms. The molecule has 0 bridgehead atoms. The van der Waals surface area contributed by atoms with Crippen LogP contribution in [0, 0.1) is 5.92 Å². The molecule has 0 atom stereocenters. The number of thioether (sulfide) groups is 1. The molecule has 0 radical (unpaired) electrons. The number of amides is 2. The molecule has 2 amide bonds. The summed E-state index contributed by atoms with van der Waals surface area (Å²) in [5.74, 6) is 1.77. The van der Waals surface area contributed by atoms with Gasteiger partial charge in [0.2, 0.25) is 5.91 Å². The Morgan fingerprint density at radius 3 is 2.93 bits per heavy atom. The molecule has 2 aromatic rings. The number of aromatic nitrogens is 2. The van der Waals surface area contributed by atoms with E-state index in [9.17, 15) is 9.59 Å². The van der Waals surface area contributed by atoms with Crippen LogP contribution in [0.1, 0.15) is 54.6 Å². The highest BCUT2D eigenvalue weighted by Gasteiger charge is 2.18. The minimum absolute atomic E-state index is 0.0153. The lowest BCUT2D eigenvalue weighted by atomic mass is 9.86. The standard InChI is InChI=1S/C20H24N4O2S/c25-19-8-9-27-17-7-6-14(11-16(17)21-19)20(26)22-18-12-15(23-24-18)10-13-4-2-1-3-5-13/h6-7,11-13H,1-5,8-10H2,(H,21,25)(H2,22,23,24,26). The van der Waals surface area contributed by atoms with Gasteiger partial charge in [0.05, 0.1) is 5.69 Å². The predicted octanol–water partition coefficient (Wildman–Crippen LogP) is 4.22. The number of rotatable bonds is 4. The van der Waals surface area contributed by atoms with Crippen LogP contribution in [0.2, 0.25) is 0 Å². The summed E-state index contributed by atoms with van der Waals surface area (Å²) in [5, 5.41) is 13.0. The molecule has 1 saturated carbocycles. The first kappa shape index (κ1) is 18.1. The van der Waals surface area contributed by atoms with Crippen molar-refractivity contribution in [3.63, 3.8) is 0 Å². The van der Waals surface area contributed by atoms with Gasteiger partial charge in [-0.2, -0.15) is 5.10 Å². The number of aromatic amines is 1. The molecule has 142 valence electrons. The molecule has 7 heteroatoms. The van der Waals surface area contributed by atoms with Crippen molar-refractivity contribution in [1.29, 1.82) is 0 Å². The van der Waals surface area contributed by atoms with Crippen LogP contribution in [0.3, 0.4) is 0 Å². The fourth-order valence-corrected chi connectivity index (χ4v) is 4.72. The molecule has 2 aliphatic rings. The second-order valence-corrected chi connectivity index (χ2v) is 8.44. The van der Waals surface area contributed by atoms with Gasteiger partial charge in [0, 0.05) is 34.4 Å². The van der Waals surface area contributed by atoms with Crippen molar-refractivity contribution in [2.45, 2.75) is 49.8 Å². The molecule has 1 aromatic carbocycles. The third-order valence-corrected chi connectivity index (χ3v) is 6.28. The first-order valence-corrected chi connectivity index (χ1v) is 10.6. The molecular formula is C20H24N4O2S. The highest BCUT2D eigenvalue weighted by molar-refractivity contribution is 7.99. The van der Waals surface area contributed by atoms with E-state index in [1.54, 1.807) is 23.9 Å². The summed E-state index contributed by atoms with van der Waals surface area (Å²) in [6.45, 7) is 0. The third kappa shape index (κ3) is 4.53. The van der Waals surface area contributed by atoms with E-state index in [1.807, 2.05) is 12.1 Å². The number of anilines is 2. The van der Waals surface area contributed by atoms with Gasteiger partial charge in [0.25, 0.3) is 5.91 Å². The summed E-state index contributed by atoms with van der Waals surface area (Å²) in [6, 6.07) is 7.33. The normalized spacial score (nSPS) is 17.7. The number of carbonyl (C=O) groups is 2. The number of hydrogen-bond donors (Lipinski definition) is 3. The number of benzene rings is 1. The predicted molar refractivity (Wildman–Crippen MR) is 107 cm³/mol. The average Bonchev–Trinajstić information content (AvgIpc) is 3.01. The van der Waals surface area contributed by atoms with Crippen LogP contribution in [-0.4, -0.2) is 27.8 Å². The zero-order valence-electron chi connectivity index (χ0n) is 15.2. The van der Waals surface area contributed by atoms with E-state index in [0.29, 0.717) is 29.4 Å². The number of carbonyl (C=O) groups excluding carboxylic acids is 2. The van der Waals surface area contributed by atoms with Gasteiger partial charge in [-0.15, -0.1) is 11.8 Å². The molecule has 1 aliphatic heterocycles. The highest BCUT2D eigenvalue weighted by atomic mass is 32.2. The van der Waals surface area contributed by atoms with E-state index in [1.165, 1.54) is 32.1 Å². The fraction of sp³-hybridized carbons (Fsp3) is 0.450. The molecule has 4 rings (SSSR count). The third-order valence-electron chi connectivity index (χ3n) is 5.21. The first-order chi connectivity index (χ1) is 13.2. The van der Waals surface area contributed by atoms with Crippen LogP contribution in [0.4, 0.5) is 11.5 Å². The molecule has 0 saturated heterocycles. The van der Waals surface area contributed by atoms with Gasteiger partial charge in [-0.3, -0.25) is 14.7 Å². The largest absolute Gasteiger partial charge is 0.325 e. The van der Waals surface area contributed by atoms with Gasteiger partial charge < -0.3 is 10.6 Å². The SMILES string of the molecule is O=C1CCSc2ccc(C(=O)Nc3cc(CC4CCCCC4)[nH]n3)cc2N1. The van der Waals surface area contributed by atoms with E-state index in [4.69, 9.17) is 0 Å². The van der Waals surface area contributed by atoms with E-state index in [0.717, 1.165) is 22.8 Å². The molecule has 0 spiro atoms. The van der Waals surface area contributed by atoms with E-state index >= 15 is 0 Å². The molecule has 6 nitrogen and oxygen atoms in total. The Hall–Kier alpha value is -2.28. The number of nitrogens with one attached hydrogen (secondary N) is 3. The Morgan fingerprint density at radius 2 is 2.07 bits per heavy atom. The maximum atomic E-state index is 12.6. The monoisotopic (exact) mass is 384 g/mol. The van der Waals surface area contributed by atoms with Gasteiger partial charge in [-0.05, 0) is 30.5 Å². The molecule has 1 fully saturated rings. The van der Waals surface area contributed by atoms with Gasteiger partial charge in [-0.1, -0.05) is 32.1 Å². The lowest BCUT2D eigenvalue weighted by molar-refractivity contribution is -0.115. The van der Waals surface area contributed by atoms with Crippen molar-refractivity contribution in [2.24, 2.45) is 5.92 Å². The van der Waals surface area contributed by atoms with Gasteiger partial charge >= 0.3 is 0 Å². The van der Waals surface area contributed by atoms with Crippen LogP contribution < -0.4 is 10.6 Å². The second kappa shape index (κ2) is 8.17. The Bertz CT molecular complexity index is 842. The van der Waals surface area contributed by atoms with Crippen molar-refractivity contribution in [1.82, 2.24) is 10.2 Å². The van der Waals surface area contributed by atoms with Crippen molar-refractivity contribution >= 4 is 35.1 Å². The highest BCUT2D eigenvalue weighted by Crippen LogP contribution is 2.32. The summed E-state index contributed by atoms with van der Waals surface area (Å²) in [4.78, 5) is 25.3. The minimum atomic E-state index is -0.225. The van der Waals surface area contributed by atoms with Crippen molar-refractivity contribution in [3.8, 4) is 0 Å². The zero-order valence-corrected chi connectivity index (χ0v) is 16.0.